The van der Waals surface area contributed by atoms with Crippen molar-refractivity contribution in [1.82, 2.24) is 19.9 Å². The Labute approximate surface area is 161 Å². The standard InChI is InChI=1S/C20H20N6O2/c27-18-4-1-13-11-14(2-3-15(13)22-18)25-7-9-26(10-8-25)20(28)19-23-16-5-6-21-12-17(16)24-19/h2-3,5-6,11-12H,1,4,7-10H2,(H,22,27)(H,23,24). The molecule has 2 N–H and O–H groups in total. The van der Waals surface area contributed by atoms with Gasteiger partial charge in [0.25, 0.3) is 5.91 Å². The molecule has 5 rings (SSSR count). The molecule has 0 saturated carbocycles. The molecule has 0 spiro atoms. The summed E-state index contributed by atoms with van der Waals surface area (Å²) in [4.78, 5) is 39.9. The number of nitrogens with one attached hydrogen (secondary N) is 2. The highest BCUT2D eigenvalue weighted by atomic mass is 16.2. The van der Waals surface area contributed by atoms with Crippen molar-refractivity contribution in [1.29, 1.82) is 0 Å². The zero-order valence-corrected chi connectivity index (χ0v) is 15.3. The maximum atomic E-state index is 12.8. The first-order chi connectivity index (χ1) is 13.7. The highest BCUT2D eigenvalue weighted by Crippen LogP contribution is 2.28. The van der Waals surface area contributed by atoms with Gasteiger partial charge in [0.15, 0.2) is 5.82 Å². The van der Waals surface area contributed by atoms with Gasteiger partial charge in [-0.1, -0.05) is 0 Å². The van der Waals surface area contributed by atoms with Gasteiger partial charge < -0.3 is 20.1 Å². The van der Waals surface area contributed by atoms with Crippen molar-refractivity contribution >= 4 is 34.2 Å². The number of hydrogen-bond donors (Lipinski definition) is 2. The van der Waals surface area contributed by atoms with Crippen LogP contribution in [0.5, 0.6) is 0 Å². The van der Waals surface area contributed by atoms with Crippen LogP contribution in [0.1, 0.15) is 22.6 Å². The van der Waals surface area contributed by atoms with Crippen LogP contribution in [-0.2, 0) is 11.2 Å². The third kappa shape index (κ3) is 2.96. The number of anilines is 2. The number of carbonyl (C=O) groups excluding carboxylic acids is 2. The Hall–Kier alpha value is -3.42. The number of carbonyl (C=O) groups is 2. The third-order valence-electron chi connectivity index (χ3n) is 5.40. The Morgan fingerprint density at radius 1 is 1.07 bits per heavy atom. The molecule has 28 heavy (non-hydrogen) atoms. The number of aromatic nitrogens is 3. The summed E-state index contributed by atoms with van der Waals surface area (Å²) in [6, 6.07) is 7.95. The molecule has 2 aliphatic heterocycles. The van der Waals surface area contributed by atoms with Crippen LogP contribution >= 0.6 is 0 Å². The first-order valence-corrected chi connectivity index (χ1v) is 9.44. The van der Waals surface area contributed by atoms with E-state index in [1.54, 1.807) is 18.5 Å². The molecule has 0 bridgehead atoms. The second-order valence-electron chi connectivity index (χ2n) is 7.15. The summed E-state index contributed by atoms with van der Waals surface area (Å²) >= 11 is 0. The molecule has 0 unspecified atom stereocenters. The number of fused-ring (bicyclic) bond motifs is 2. The predicted molar refractivity (Wildman–Crippen MR) is 105 cm³/mol. The number of H-pyrrole nitrogens is 1. The summed E-state index contributed by atoms with van der Waals surface area (Å²) in [7, 11) is 0. The van der Waals surface area contributed by atoms with Crippen LogP contribution < -0.4 is 10.2 Å². The molecule has 2 amide bonds. The number of rotatable bonds is 2. The molecule has 3 aromatic rings. The van der Waals surface area contributed by atoms with E-state index in [1.165, 1.54) is 5.56 Å². The quantitative estimate of drug-likeness (QED) is 0.711. The maximum absolute atomic E-state index is 12.8. The van der Waals surface area contributed by atoms with E-state index >= 15 is 0 Å². The van der Waals surface area contributed by atoms with E-state index in [9.17, 15) is 9.59 Å². The monoisotopic (exact) mass is 376 g/mol. The van der Waals surface area contributed by atoms with Gasteiger partial charge in [-0.3, -0.25) is 14.6 Å². The van der Waals surface area contributed by atoms with Gasteiger partial charge in [0.1, 0.15) is 0 Å². The highest BCUT2D eigenvalue weighted by Gasteiger charge is 2.25. The fourth-order valence-electron chi connectivity index (χ4n) is 3.84. The number of benzene rings is 1. The molecule has 0 atom stereocenters. The van der Waals surface area contributed by atoms with Crippen LogP contribution in [0, 0.1) is 0 Å². The lowest BCUT2D eigenvalue weighted by Gasteiger charge is -2.36. The lowest BCUT2D eigenvalue weighted by Crippen LogP contribution is -2.49. The summed E-state index contributed by atoms with van der Waals surface area (Å²) in [5, 5.41) is 2.92. The first kappa shape index (κ1) is 16.7. The Morgan fingerprint density at radius 3 is 2.75 bits per heavy atom. The van der Waals surface area contributed by atoms with Gasteiger partial charge in [0, 0.05) is 50.2 Å². The van der Waals surface area contributed by atoms with Crippen molar-refractivity contribution in [2.75, 3.05) is 36.4 Å². The van der Waals surface area contributed by atoms with Gasteiger partial charge in [-0.25, -0.2) is 4.98 Å². The number of imidazole rings is 1. The number of pyridine rings is 1. The molecule has 142 valence electrons. The van der Waals surface area contributed by atoms with Crippen molar-refractivity contribution in [3.05, 3.63) is 48.0 Å². The average Bonchev–Trinajstić information content (AvgIpc) is 3.17. The van der Waals surface area contributed by atoms with Crippen LogP contribution in [0.3, 0.4) is 0 Å². The molecule has 1 aromatic carbocycles. The lowest BCUT2D eigenvalue weighted by molar-refractivity contribution is -0.116. The van der Waals surface area contributed by atoms with E-state index < -0.39 is 0 Å². The molecular weight excluding hydrogens is 356 g/mol. The Balaban J connectivity index is 1.27. The largest absolute Gasteiger partial charge is 0.368 e. The van der Waals surface area contributed by atoms with Crippen LogP contribution in [0.4, 0.5) is 11.4 Å². The lowest BCUT2D eigenvalue weighted by atomic mass is 10.0. The van der Waals surface area contributed by atoms with Gasteiger partial charge in [0.05, 0.1) is 17.2 Å². The van der Waals surface area contributed by atoms with Crippen molar-refractivity contribution in [3.63, 3.8) is 0 Å². The van der Waals surface area contributed by atoms with E-state index in [-0.39, 0.29) is 11.8 Å². The minimum atomic E-state index is -0.0796. The van der Waals surface area contributed by atoms with Crippen molar-refractivity contribution in [2.24, 2.45) is 0 Å². The molecular formula is C20H20N6O2. The van der Waals surface area contributed by atoms with E-state index in [2.05, 4.69) is 31.2 Å². The highest BCUT2D eigenvalue weighted by molar-refractivity contribution is 5.95. The van der Waals surface area contributed by atoms with Crippen LogP contribution in [0.2, 0.25) is 0 Å². The van der Waals surface area contributed by atoms with Crippen LogP contribution in [-0.4, -0.2) is 57.8 Å². The van der Waals surface area contributed by atoms with Gasteiger partial charge >= 0.3 is 0 Å². The minimum absolute atomic E-state index is 0.0775. The second-order valence-corrected chi connectivity index (χ2v) is 7.15. The zero-order chi connectivity index (χ0) is 19.1. The summed E-state index contributed by atoms with van der Waals surface area (Å²) in [6.07, 6.45) is 4.65. The van der Waals surface area contributed by atoms with Gasteiger partial charge in [-0.2, -0.15) is 0 Å². The molecule has 2 aliphatic rings. The van der Waals surface area contributed by atoms with E-state index in [1.807, 2.05) is 17.0 Å². The Kier molecular flexibility index (Phi) is 3.96. The normalized spacial score (nSPS) is 16.8. The average molecular weight is 376 g/mol. The molecule has 4 heterocycles. The number of piperazine rings is 1. The Bertz CT molecular complexity index is 1030. The van der Waals surface area contributed by atoms with Gasteiger partial charge in [0.2, 0.25) is 5.91 Å². The van der Waals surface area contributed by atoms with Crippen LogP contribution in [0.25, 0.3) is 11.0 Å². The molecule has 1 saturated heterocycles. The molecule has 2 aromatic heterocycles. The fourth-order valence-corrected chi connectivity index (χ4v) is 3.84. The summed E-state index contributed by atoms with van der Waals surface area (Å²) in [5.41, 5.74) is 4.74. The Morgan fingerprint density at radius 2 is 1.93 bits per heavy atom. The van der Waals surface area contributed by atoms with E-state index in [0.717, 1.165) is 41.9 Å². The predicted octanol–water partition coefficient (Wildman–Crippen LogP) is 1.80. The summed E-state index contributed by atoms with van der Waals surface area (Å²) in [5.74, 6) is 0.360. The first-order valence-electron chi connectivity index (χ1n) is 9.44. The zero-order valence-electron chi connectivity index (χ0n) is 15.3. The number of nitrogens with zero attached hydrogens (tertiary/aromatic N) is 4. The van der Waals surface area contributed by atoms with Crippen molar-refractivity contribution < 1.29 is 9.59 Å². The van der Waals surface area contributed by atoms with E-state index in [0.29, 0.717) is 25.3 Å². The minimum Gasteiger partial charge on any atom is -0.368 e. The molecule has 0 radical (unpaired) electrons. The summed E-state index contributed by atoms with van der Waals surface area (Å²) in [6.45, 7) is 2.81. The smallest absolute Gasteiger partial charge is 0.289 e. The van der Waals surface area contributed by atoms with Crippen molar-refractivity contribution in [3.8, 4) is 0 Å². The number of amides is 2. The number of aryl methyl sites for hydroxylation is 1. The molecule has 1 fully saturated rings. The number of aromatic amines is 1. The SMILES string of the molecule is O=C1CCc2cc(N3CCN(C(=O)c4nc5ccncc5[nH]4)CC3)ccc2N1. The maximum Gasteiger partial charge on any atom is 0.289 e. The molecule has 8 nitrogen and oxygen atoms in total. The van der Waals surface area contributed by atoms with E-state index in [4.69, 9.17) is 0 Å². The second kappa shape index (κ2) is 6.63. The van der Waals surface area contributed by atoms with Gasteiger partial charge in [-0.05, 0) is 36.2 Å². The molecule has 0 aliphatic carbocycles. The third-order valence-corrected chi connectivity index (χ3v) is 5.40. The number of hydrogen-bond acceptors (Lipinski definition) is 5. The van der Waals surface area contributed by atoms with Crippen molar-refractivity contribution in [2.45, 2.75) is 12.8 Å². The molecule has 8 heteroatoms. The van der Waals surface area contributed by atoms with Crippen LogP contribution in [0.15, 0.2) is 36.7 Å². The summed E-state index contributed by atoms with van der Waals surface area (Å²) < 4.78 is 0. The fraction of sp³-hybridized carbons (Fsp3) is 0.300. The van der Waals surface area contributed by atoms with Gasteiger partial charge in [-0.15, -0.1) is 0 Å². The topological polar surface area (TPSA) is 94.2 Å².